The summed E-state index contributed by atoms with van der Waals surface area (Å²) in [6, 6.07) is 7.73. The van der Waals surface area contributed by atoms with Gasteiger partial charge in [-0.25, -0.2) is 4.98 Å². The molecule has 0 aliphatic carbocycles. The molecule has 0 spiro atoms. The van der Waals surface area contributed by atoms with Gasteiger partial charge in [0, 0.05) is 17.0 Å². The summed E-state index contributed by atoms with van der Waals surface area (Å²) < 4.78 is 5.88. The Labute approximate surface area is 123 Å². The Hall–Kier alpha value is -0.780. The Morgan fingerprint density at radius 1 is 1.33 bits per heavy atom. The Morgan fingerprint density at radius 3 is 2.72 bits per heavy atom. The Balaban J connectivity index is 2.04. The maximum atomic E-state index is 5.83. The van der Waals surface area contributed by atoms with Crippen LogP contribution in [0.1, 0.15) is 5.56 Å². The van der Waals surface area contributed by atoms with Crippen LogP contribution in [0.2, 0.25) is 5.02 Å². The summed E-state index contributed by atoms with van der Waals surface area (Å²) in [5.41, 5.74) is 1.18. The summed E-state index contributed by atoms with van der Waals surface area (Å²) in [5.74, 6) is 1.34. The highest BCUT2D eigenvalue weighted by atomic mass is 79.9. The Bertz CT molecular complexity index is 536. The molecule has 0 saturated heterocycles. The van der Waals surface area contributed by atoms with E-state index in [4.69, 9.17) is 16.3 Å². The minimum atomic E-state index is 0.545. The van der Waals surface area contributed by atoms with Gasteiger partial charge in [0.2, 0.25) is 5.88 Å². The van der Waals surface area contributed by atoms with Crippen LogP contribution in [0, 0.1) is 0 Å². The van der Waals surface area contributed by atoms with Crippen molar-refractivity contribution in [3.05, 3.63) is 45.5 Å². The lowest BCUT2D eigenvalue weighted by atomic mass is 10.2. The number of methoxy groups -OCH3 is 1. The van der Waals surface area contributed by atoms with Gasteiger partial charge < -0.3 is 4.74 Å². The van der Waals surface area contributed by atoms with E-state index in [-0.39, 0.29) is 0 Å². The smallest absolute Gasteiger partial charge is 0.231 e. The number of halogens is 2. The predicted molar refractivity (Wildman–Crippen MR) is 77.3 cm³/mol. The van der Waals surface area contributed by atoms with Crippen LogP contribution < -0.4 is 4.74 Å². The van der Waals surface area contributed by atoms with Crippen LogP contribution in [-0.2, 0) is 5.75 Å². The normalized spacial score (nSPS) is 10.4. The molecule has 0 amide bonds. The van der Waals surface area contributed by atoms with Crippen LogP contribution in [0.25, 0.3) is 0 Å². The first kappa shape index (κ1) is 13.6. The molecule has 1 aromatic heterocycles. The number of ether oxygens (including phenoxy) is 1. The fourth-order valence-electron chi connectivity index (χ4n) is 1.28. The molecule has 0 radical (unpaired) electrons. The van der Waals surface area contributed by atoms with Crippen LogP contribution in [0.15, 0.2) is 40.1 Å². The highest BCUT2D eigenvalue weighted by Crippen LogP contribution is 2.26. The van der Waals surface area contributed by atoms with Gasteiger partial charge in [-0.15, -0.1) is 0 Å². The molecule has 94 valence electrons. The number of hydrogen-bond donors (Lipinski definition) is 0. The second-order valence-corrected chi connectivity index (χ2v) is 5.66. The molecule has 0 N–H and O–H groups in total. The molecule has 0 fully saturated rings. The minimum Gasteiger partial charge on any atom is -0.480 e. The monoisotopic (exact) mass is 344 g/mol. The van der Waals surface area contributed by atoms with E-state index in [1.807, 2.05) is 24.3 Å². The number of rotatable bonds is 4. The second kappa shape index (κ2) is 6.41. The van der Waals surface area contributed by atoms with Crippen molar-refractivity contribution in [2.45, 2.75) is 10.9 Å². The third-order valence-electron chi connectivity index (χ3n) is 2.16. The van der Waals surface area contributed by atoms with Gasteiger partial charge in [0.1, 0.15) is 0 Å². The summed E-state index contributed by atoms with van der Waals surface area (Å²) in [4.78, 5) is 8.50. The second-order valence-electron chi connectivity index (χ2n) is 3.42. The lowest BCUT2D eigenvalue weighted by Crippen LogP contribution is -1.93. The van der Waals surface area contributed by atoms with Gasteiger partial charge in [-0.05, 0) is 33.6 Å². The van der Waals surface area contributed by atoms with Crippen molar-refractivity contribution in [3.63, 3.8) is 0 Å². The van der Waals surface area contributed by atoms with Crippen molar-refractivity contribution in [3.8, 4) is 5.88 Å². The van der Waals surface area contributed by atoms with Gasteiger partial charge in [0.25, 0.3) is 0 Å². The van der Waals surface area contributed by atoms with Gasteiger partial charge in [-0.2, -0.15) is 4.98 Å². The maximum Gasteiger partial charge on any atom is 0.231 e. The molecule has 0 aliphatic rings. The molecule has 3 nitrogen and oxygen atoms in total. The summed E-state index contributed by atoms with van der Waals surface area (Å²) in [6.07, 6.45) is 1.69. The van der Waals surface area contributed by atoms with Gasteiger partial charge in [-0.1, -0.05) is 35.5 Å². The van der Waals surface area contributed by atoms with Gasteiger partial charge >= 0.3 is 0 Å². The average molecular weight is 346 g/mol. The fraction of sp³-hybridized carbons (Fsp3) is 0.167. The van der Waals surface area contributed by atoms with Crippen molar-refractivity contribution in [1.29, 1.82) is 0 Å². The van der Waals surface area contributed by atoms with Crippen LogP contribution in [-0.4, -0.2) is 17.1 Å². The molecule has 1 heterocycles. The minimum absolute atomic E-state index is 0.545. The molecule has 0 aliphatic heterocycles. The molecule has 1 aromatic carbocycles. The van der Waals surface area contributed by atoms with E-state index in [1.54, 1.807) is 25.1 Å². The van der Waals surface area contributed by atoms with Crippen LogP contribution >= 0.6 is 39.3 Å². The van der Waals surface area contributed by atoms with E-state index in [0.717, 1.165) is 15.2 Å². The van der Waals surface area contributed by atoms with Crippen LogP contribution in [0.5, 0.6) is 5.88 Å². The standard InChI is InChI=1S/C12H10BrClN2OS/c1-17-11-10(13)6-15-12(16-11)18-7-8-2-4-9(14)5-3-8/h2-6H,7H2,1H3. The average Bonchev–Trinajstić information content (AvgIpc) is 2.39. The topological polar surface area (TPSA) is 35.0 Å². The third-order valence-corrected chi connectivity index (χ3v) is 3.89. The van der Waals surface area contributed by atoms with Crippen LogP contribution in [0.3, 0.4) is 0 Å². The highest BCUT2D eigenvalue weighted by Gasteiger charge is 2.05. The molecule has 6 heteroatoms. The molecule has 18 heavy (non-hydrogen) atoms. The molecule has 2 rings (SSSR count). The fourth-order valence-corrected chi connectivity index (χ4v) is 2.52. The summed E-state index contributed by atoms with van der Waals surface area (Å²) in [5, 5.41) is 1.43. The van der Waals surface area contributed by atoms with Crippen molar-refractivity contribution in [2.24, 2.45) is 0 Å². The number of nitrogens with zero attached hydrogens (tertiary/aromatic N) is 2. The molecule has 0 bridgehead atoms. The predicted octanol–water partition coefficient (Wildman–Crippen LogP) is 4.19. The van der Waals surface area contributed by atoms with Gasteiger partial charge in [-0.3, -0.25) is 0 Å². The van der Waals surface area contributed by atoms with E-state index in [1.165, 1.54) is 5.56 Å². The summed E-state index contributed by atoms with van der Waals surface area (Å²) in [7, 11) is 1.58. The zero-order valence-corrected chi connectivity index (χ0v) is 12.7. The number of hydrogen-bond acceptors (Lipinski definition) is 4. The Kier molecular flexibility index (Phi) is 4.86. The van der Waals surface area contributed by atoms with E-state index >= 15 is 0 Å². The van der Waals surface area contributed by atoms with Crippen molar-refractivity contribution >= 4 is 39.3 Å². The first-order valence-electron chi connectivity index (χ1n) is 5.13. The lowest BCUT2D eigenvalue weighted by Gasteiger charge is -2.04. The molecule has 0 atom stereocenters. The van der Waals surface area contributed by atoms with E-state index in [2.05, 4.69) is 25.9 Å². The number of thioether (sulfide) groups is 1. The van der Waals surface area contributed by atoms with Crippen molar-refractivity contribution < 1.29 is 4.74 Å². The lowest BCUT2D eigenvalue weighted by molar-refractivity contribution is 0.389. The van der Waals surface area contributed by atoms with Gasteiger partial charge in [0.15, 0.2) is 5.16 Å². The summed E-state index contributed by atoms with van der Waals surface area (Å²) in [6.45, 7) is 0. The maximum absolute atomic E-state index is 5.83. The molecular formula is C12H10BrClN2OS. The van der Waals surface area contributed by atoms with Crippen molar-refractivity contribution in [1.82, 2.24) is 9.97 Å². The third kappa shape index (κ3) is 3.60. The molecule has 2 aromatic rings. The molecular weight excluding hydrogens is 336 g/mol. The van der Waals surface area contributed by atoms with Gasteiger partial charge in [0.05, 0.1) is 11.6 Å². The van der Waals surface area contributed by atoms with E-state index < -0.39 is 0 Å². The zero-order chi connectivity index (χ0) is 13.0. The highest BCUT2D eigenvalue weighted by molar-refractivity contribution is 9.10. The van der Waals surface area contributed by atoms with Crippen LogP contribution in [0.4, 0.5) is 0 Å². The Morgan fingerprint density at radius 2 is 2.06 bits per heavy atom. The number of aromatic nitrogens is 2. The largest absolute Gasteiger partial charge is 0.480 e. The van der Waals surface area contributed by atoms with E-state index in [9.17, 15) is 0 Å². The van der Waals surface area contributed by atoms with Crippen molar-refractivity contribution in [2.75, 3.05) is 7.11 Å². The summed E-state index contributed by atoms with van der Waals surface area (Å²) >= 11 is 10.7. The SMILES string of the molecule is COc1nc(SCc2ccc(Cl)cc2)ncc1Br. The quantitative estimate of drug-likeness (QED) is 0.614. The molecule has 0 saturated carbocycles. The first-order chi connectivity index (χ1) is 8.69. The van der Waals surface area contributed by atoms with E-state index in [0.29, 0.717) is 11.0 Å². The number of benzene rings is 1. The first-order valence-corrected chi connectivity index (χ1v) is 7.28. The zero-order valence-electron chi connectivity index (χ0n) is 9.56. The molecule has 0 unspecified atom stereocenters.